The van der Waals surface area contributed by atoms with Gasteiger partial charge in [0.2, 0.25) is 10.0 Å². The maximum absolute atomic E-state index is 12.3. The summed E-state index contributed by atoms with van der Waals surface area (Å²) in [6.45, 7) is 2.07. The van der Waals surface area contributed by atoms with Crippen LogP contribution < -0.4 is 14.2 Å². The lowest BCUT2D eigenvalue weighted by atomic mass is 10.2. The number of aryl methyl sites for hydroxylation is 1. The van der Waals surface area contributed by atoms with Crippen LogP contribution in [0.1, 0.15) is 11.1 Å². The van der Waals surface area contributed by atoms with Crippen LogP contribution >= 0.6 is 0 Å². The molecule has 2 rings (SSSR count). The Morgan fingerprint density at radius 1 is 0.955 bits per heavy atom. The average molecular weight is 321 g/mol. The van der Waals surface area contributed by atoms with Crippen molar-refractivity contribution in [3.63, 3.8) is 0 Å². The van der Waals surface area contributed by atoms with Crippen molar-refractivity contribution < 1.29 is 17.9 Å². The number of hydrogen-bond donors (Lipinski definition) is 1. The zero-order valence-corrected chi connectivity index (χ0v) is 13.6. The van der Waals surface area contributed by atoms with Crippen molar-refractivity contribution in [2.24, 2.45) is 0 Å². The zero-order chi connectivity index (χ0) is 16.2. The Hall–Kier alpha value is -2.05. The summed E-state index contributed by atoms with van der Waals surface area (Å²) in [5.41, 5.74) is 1.77. The predicted molar refractivity (Wildman–Crippen MR) is 84.8 cm³/mol. The van der Waals surface area contributed by atoms with Crippen LogP contribution in [0.5, 0.6) is 11.5 Å². The summed E-state index contributed by atoms with van der Waals surface area (Å²) in [5.74, 6) is 1.23. The van der Waals surface area contributed by atoms with Crippen LogP contribution in [0.25, 0.3) is 0 Å². The summed E-state index contributed by atoms with van der Waals surface area (Å²) >= 11 is 0. The van der Waals surface area contributed by atoms with Crippen LogP contribution in [-0.2, 0) is 16.6 Å². The van der Waals surface area contributed by atoms with E-state index in [1.165, 1.54) is 0 Å². The number of nitrogens with one attached hydrogen (secondary N) is 1. The summed E-state index contributed by atoms with van der Waals surface area (Å²) in [4.78, 5) is 0.243. The Labute approximate surface area is 130 Å². The van der Waals surface area contributed by atoms with Gasteiger partial charge in [0, 0.05) is 12.6 Å². The van der Waals surface area contributed by atoms with Gasteiger partial charge in [-0.05, 0) is 36.8 Å². The van der Waals surface area contributed by atoms with Gasteiger partial charge in [0.05, 0.1) is 19.1 Å². The molecule has 0 aromatic heterocycles. The third-order valence-electron chi connectivity index (χ3n) is 3.21. The molecule has 0 heterocycles. The van der Waals surface area contributed by atoms with Crippen LogP contribution in [0.2, 0.25) is 0 Å². The minimum absolute atomic E-state index is 0.157. The minimum Gasteiger partial charge on any atom is -0.497 e. The fourth-order valence-corrected chi connectivity index (χ4v) is 2.97. The van der Waals surface area contributed by atoms with Gasteiger partial charge in [0.25, 0.3) is 0 Å². The van der Waals surface area contributed by atoms with Gasteiger partial charge < -0.3 is 9.47 Å². The molecule has 0 bridgehead atoms. The first-order valence-corrected chi connectivity index (χ1v) is 8.21. The molecule has 5 nitrogen and oxygen atoms in total. The molecule has 0 radical (unpaired) electrons. The molecule has 0 atom stereocenters. The number of ether oxygens (including phenoxy) is 2. The number of sulfonamides is 1. The van der Waals surface area contributed by atoms with E-state index in [0.29, 0.717) is 11.5 Å². The Bertz CT molecular complexity index is 717. The number of methoxy groups -OCH3 is 2. The highest BCUT2D eigenvalue weighted by molar-refractivity contribution is 7.89. The van der Waals surface area contributed by atoms with Crippen molar-refractivity contribution in [1.29, 1.82) is 0 Å². The van der Waals surface area contributed by atoms with Crippen LogP contribution in [0.15, 0.2) is 47.4 Å². The molecule has 2 aromatic carbocycles. The van der Waals surface area contributed by atoms with E-state index in [2.05, 4.69) is 4.72 Å². The van der Waals surface area contributed by atoms with Gasteiger partial charge in [-0.2, -0.15) is 0 Å². The molecule has 2 aromatic rings. The monoisotopic (exact) mass is 321 g/mol. The van der Waals surface area contributed by atoms with Crippen molar-refractivity contribution in [3.8, 4) is 11.5 Å². The van der Waals surface area contributed by atoms with Gasteiger partial charge in [-0.25, -0.2) is 13.1 Å². The molecule has 0 unspecified atom stereocenters. The van der Waals surface area contributed by atoms with Crippen molar-refractivity contribution in [2.75, 3.05) is 14.2 Å². The summed E-state index contributed by atoms with van der Waals surface area (Å²) < 4.78 is 37.4. The van der Waals surface area contributed by atoms with Crippen LogP contribution in [0, 0.1) is 6.92 Å². The molecule has 0 aliphatic rings. The molecule has 118 valence electrons. The molecule has 1 N–H and O–H groups in total. The first-order valence-electron chi connectivity index (χ1n) is 6.73. The maximum Gasteiger partial charge on any atom is 0.240 e. The smallest absolute Gasteiger partial charge is 0.240 e. The summed E-state index contributed by atoms with van der Waals surface area (Å²) in [5, 5.41) is 0. The molecule has 0 aliphatic heterocycles. The van der Waals surface area contributed by atoms with Gasteiger partial charge in [-0.15, -0.1) is 0 Å². The number of hydrogen-bond acceptors (Lipinski definition) is 4. The second-order valence-corrected chi connectivity index (χ2v) is 6.63. The van der Waals surface area contributed by atoms with Gasteiger partial charge >= 0.3 is 0 Å². The third kappa shape index (κ3) is 3.99. The molecule has 0 aliphatic carbocycles. The van der Waals surface area contributed by atoms with Crippen molar-refractivity contribution in [2.45, 2.75) is 18.4 Å². The normalized spacial score (nSPS) is 11.2. The fourth-order valence-electron chi connectivity index (χ4n) is 1.95. The molecule has 0 spiro atoms. The SMILES string of the molecule is COc1cc(CNS(=O)(=O)c2ccc(C)cc2)cc(OC)c1. The van der Waals surface area contributed by atoms with E-state index >= 15 is 0 Å². The molecule has 0 saturated carbocycles. The molecule has 0 saturated heterocycles. The molecular formula is C16H19NO4S. The lowest BCUT2D eigenvalue weighted by molar-refractivity contribution is 0.393. The van der Waals surface area contributed by atoms with Crippen LogP contribution in [0.4, 0.5) is 0 Å². The van der Waals surface area contributed by atoms with E-state index in [0.717, 1.165) is 11.1 Å². The van der Waals surface area contributed by atoms with Gasteiger partial charge in [0.1, 0.15) is 11.5 Å². The highest BCUT2D eigenvalue weighted by atomic mass is 32.2. The first-order chi connectivity index (χ1) is 10.4. The Kier molecular flexibility index (Phi) is 5.05. The van der Waals surface area contributed by atoms with E-state index in [4.69, 9.17) is 9.47 Å². The highest BCUT2D eigenvalue weighted by Crippen LogP contribution is 2.22. The average Bonchev–Trinajstić information content (AvgIpc) is 2.53. The van der Waals surface area contributed by atoms with Crippen molar-refractivity contribution >= 4 is 10.0 Å². The van der Waals surface area contributed by atoms with Gasteiger partial charge in [-0.3, -0.25) is 0 Å². The predicted octanol–water partition coefficient (Wildman–Crippen LogP) is 2.49. The third-order valence-corrected chi connectivity index (χ3v) is 4.63. The Morgan fingerprint density at radius 2 is 1.50 bits per heavy atom. The molecular weight excluding hydrogens is 302 g/mol. The highest BCUT2D eigenvalue weighted by Gasteiger charge is 2.13. The van der Waals surface area contributed by atoms with Crippen molar-refractivity contribution in [1.82, 2.24) is 4.72 Å². The lowest BCUT2D eigenvalue weighted by Gasteiger charge is -2.10. The Morgan fingerprint density at radius 3 is 2.00 bits per heavy atom. The number of rotatable bonds is 6. The second kappa shape index (κ2) is 6.81. The number of benzene rings is 2. The van der Waals surface area contributed by atoms with Crippen LogP contribution in [-0.4, -0.2) is 22.6 Å². The Balaban J connectivity index is 2.16. The maximum atomic E-state index is 12.3. The summed E-state index contributed by atoms with van der Waals surface area (Å²) in [7, 11) is -0.445. The van der Waals surface area contributed by atoms with E-state index < -0.39 is 10.0 Å². The lowest BCUT2D eigenvalue weighted by Crippen LogP contribution is -2.23. The second-order valence-electron chi connectivity index (χ2n) is 4.86. The first kappa shape index (κ1) is 16.3. The standard InChI is InChI=1S/C16H19NO4S/c1-12-4-6-16(7-5-12)22(18,19)17-11-13-8-14(20-2)10-15(9-13)21-3/h4-10,17H,11H2,1-3H3. The molecule has 6 heteroatoms. The molecule has 22 heavy (non-hydrogen) atoms. The quantitative estimate of drug-likeness (QED) is 0.888. The zero-order valence-electron chi connectivity index (χ0n) is 12.8. The van der Waals surface area contributed by atoms with Gasteiger partial charge in [0.15, 0.2) is 0 Å². The minimum atomic E-state index is -3.55. The molecule has 0 fully saturated rings. The van der Waals surface area contributed by atoms with Crippen molar-refractivity contribution in [3.05, 3.63) is 53.6 Å². The van der Waals surface area contributed by atoms with Gasteiger partial charge in [-0.1, -0.05) is 17.7 Å². The van der Waals surface area contributed by atoms with E-state index in [9.17, 15) is 8.42 Å². The largest absolute Gasteiger partial charge is 0.497 e. The van der Waals surface area contributed by atoms with E-state index in [-0.39, 0.29) is 11.4 Å². The topological polar surface area (TPSA) is 64.6 Å². The molecule has 0 amide bonds. The summed E-state index contributed by atoms with van der Waals surface area (Å²) in [6.07, 6.45) is 0. The van der Waals surface area contributed by atoms with E-state index in [1.54, 1.807) is 56.7 Å². The summed E-state index contributed by atoms with van der Waals surface area (Å²) in [6, 6.07) is 12.0. The fraction of sp³-hybridized carbons (Fsp3) is 0.250. The van der Waals surface area contributed by atoms with E-state index in [1.807, 2.05) is 6.92 Å². The van der Waals surface area contributed by atoms with Crippen LogP contribution in [0.3, 0.4) is 0 Å².